The van der Waals surface area contributed by atoms with Crippen molar-refractivity contribution >= 4 is 33.3 Å². The highest BCUT2D eigenvalue weighted by atomic mass is 79.9. The molecule has 2 aromatic carbocycles. The number of ether oxygens (including phenoxy) is 2. The van der Waals surface area contributed by atoms with Crippen LogP contribution < -0.4 is 9.47 Å². The van der Waals surface area contributed by atoms with E-state index in [1.54, 1.807) is 18.2 Å². The fourth-order valence-electron chi connectivity index (χ4n) is 2.13. The molecule has 0 unspecified atom stereocenters. The molecule has 0 fully saturated rings. The van der Waals surface area contributed by atoms with E-state index in [9.17, 15) is 15.4 Å². The van der Waals surface area contributed by atoms with Gasteiger partial charge in [0.15, 0.2) is 0 Å². The quantitative estimate of drug-likeness (QED) is 0.327. The van der Waals surface area contributed by atoms with Gasteiger partial charge in [-0.25, -0.2) is 0 Å². The highest BCUT2D eigenvalue weighted by Gasteiger charge is 2.19. The number of allylic oxidation sites excluding steroid dienone is 1. The minimum atomic E-state index is -0.540. The summed E-state index contributed by atoms with van der Waals surface area (Å²) >= 11 is 3.34. The van der Waals surface area contributed by atoms with Crippen LogP contribution in [0.1, 0.15) is 11.1 Å². The second-order valence-electron chi connectivity index (χ2n) is 4.70. The molecule has 0 radical (unpaired) electrons. The third-order valence-corrected chi connectivity index (χ3v) is 3.83. The highest BCUT2D eigenvalue weighted by molar-refractivity contribution is 9.10. The molecule has 0 aliphatic heterocycles. The fraction of sp³-hybridized carbons (Fsp3) is 0.118. The average molecular weight is 389 g/mol. The number of halogens is 1. The molecule has 0 N–H and O–H groups in total. The summed E-state index contributed by atoms with van der Waals surface area (Å²) in [4.78, 5) is 10.6. The number of benzene rings is 2. The molecule has 24 heavy (non-hydrogen) atoms. The van der Waals surface area contributed by atoms with E-state index in [0.717, 1.165) is 4.47 Å². The summed E-state index contributed by atoms with van der Waals surface area (Å²) in [6.07, 6.45) is 1.55. The monoisotopic (exact) mass is 388 g/mol. The number of hydrogen-bond donors (Lipinski definition) is 0. The maximum Gasteiger partial charge on any atom is 0.311 e. The lowest BCUT2D eigenvalue weighted by Crippen LogP contribution is -1.97. The zero-order valence-corrected chi connectivity index (χ0v) is 14.5. The topological polar surface area (TPSA) is 85.4 Å². The number of rotatable bonds is 5. The van der Waals surface area contributed by atoms with Crippen molar-refractivity contribution in [1.29, 1.82) is 5.26 Å². The molecule has 0 aliphatic carbocycles. The van der Waals surface area contributed by atoms with Gasteiger partial charge in [-0.05, 0) is 23.8 Å². The van der Waals surface area contributed by atoms with E-state index in [1.807, 2.05) is 12.1 Å². The van der Waals surface area contributed by atoms with Crippen LogP contribution >= 0.6 is 15.9 Å². The number of nitriles is 1. The highest BCUT2D eigenvalue weighted by Crippen LogP contribution is 2.36. The molecule has 0 heterocycles. The first kappa shape index (κ1) is 17.5. The molecule has 0 aromatic heterocycles. The Morgan fingerprint density at radius 1 is 1.21 bits per heavy atom. The van der Waals surface area contributed by atoms with E-state index < -0.39 is 4.92 Å². The summed E-state index contributed by atoms with van der Waals surface area (Å²) in [5, 5.41) is 20.6. The first-order valence-corrected chi connectivity index (χ1v) is 7.57. The van der Waals surface area contributed by atoms with Crippen LogP contribution in [0.2, 0.25) is 0 Å². The minimum Gasteiger partial charge on any atom is -0.496 e. The van der Waals surface area contributed by atoms with Crippen molar-refractivity contribution in [3.05, 3.63) is 62.1 Å². The van der Waals surface area contributed by atoms with Gasteiger partial charge in [0.05, 0.1) is 30.8 Å². The largest absolute Gasteiger partial charge is 0.496 e. The zero-order chi connectivity index (χ0) is 17.7. The molecule has 0 saturated heterocycles. The van der Waals surface area contributed by atoms with Gasteiger partial charge in [0.2, 0.25) is 5.75 Å². The maximum atomic E-state index is 11.2. The zero-order valence-electron chi connectivity index (χ0n) is 12.9. The minimum absolute atomic E-state index is 0.0937. The van der Waals surface area contributed by atoms with Crippen molar-refractivity contribution in [2.24, 2.45) is 0 Å². The standard InChI is InChI=1S/C17H13BrN2O4/c1-23-16-9-17(24-2)15(20(21)22)8-12(16)7-13(10-19)11-3-5-14(18)6-4-11/h3-9H,1-2H3. The lowest BCUT2D eigenvalue weighted by Gasteiger charge is -2.09. The van der Waals surface area contributed by atoms with Crippen molar-refractivity contribution in [2.75, 3.05) is 14.2 Å². The second-order valence-corrected chi connectivity index (χ2v) is 5.62. The summed E-state index contributed by atoms with van der Waals surface area (Å²) in [6, 6.07) is 12.1. The summed E-state index contributed by atoms with van der Waals surface area (Å²) in [6.45, 7) is 0. The van der Waals surface area contributed by atoms with Gasteiger partial charge in [-0.3, -0.25) is 10.1 Å². The molecule has 0 aliphatic rings. The van der Waals surface area contributed by atoms with Crippen molar-refractivity contribution in [1.82, 2.24) is 0 Å². The Balaban J connectivity index is 2.61. The lowest BCUT2D eigenvalue weighted by molar-refractivity contribution is -0.385. The molecule has 122 valence electrons. The summed E-state index contributed by atoms with van der Waals surface area (Å²) < 4.78 is 11.2. The van der Waals surface area contributed by atoms with Gasteiger partial charge in [0.25, 0.3) is 0 Å². The normalized spacial score (nSPS) is 10.8. The third-order valence-electron chi connectivity index (χ3n) is 3.30. The van der Waals surface area contributed by atoms with Gasteiger partial charge in [-0.15, -0.1) is 0 Å². The molecule has 2 rings (SSSR count). The van der Waals surface area contributed by atoms with Gasteiger partial charge >= 0.3 is 5.69 Å². The first-order chi connectivity index (χ1) is 11.5. The van der Waals surface area contributed by atoms with Gasteiger partial charge in [-0.2, -0.15) is 5.26 Å². The van der Waals surface area contributed by atoms with E-state index in [-0.39, 0.29) is 11.4 Å². The molecular formula is C17H13BrN2O4. The van der Waals surface area contributed by atoms with Crippen LogP contribution in [-0.2, 0) is 0 Å². The van der Waals surface area contributed by atoms with Crippen LogP contribution in [0, 0.1) is 21.4 Å². The fourth-order valence-corrected chi connectivity index (χ4v) is 2.39. The van der Waals surface area contributed by atoms with Gasteiger partial charge in [-0.1, -0.05) is 28.1 Å². The van der Waals surface area contributed by atoms with E-state index in [0.29, 0.717) is 22.4 Å². The van der Waals surface area contributed by atoms with Crippen LogP contribution in [0.4, 0.5) is 5.69 Å². The number of nitrogens with zero attached hydrogens (tertiary/aromatic N) is 2. The van der Waals surface area contributed by atoms with E-state index in [2.05, 4.69) is 22.0 Å². The Hall–Kier alpha value is -2.85. The predicted molar refractivity (Wildman–Crippen MR) is 93.8 cm³/mol. The van der Waals surface area contributed by atoms with Crippen LogP contribution in [0.3, 0.4) is 0 Å². The Morgan fingerprint density at radius 2 is 1.83 bits per heavy atom. The Morgan fingerprint density at radius 3 is 2.33 bits per heavy atom. The Bertz CT molecular complexity index is 839. The van der Waals surface area contributed by atoms with Crippen molar-refractivity contribution < 1.29 is 14.4 Å². The second kappa shape index (κ2) is 7.62. The molecular weight excluding hydrogens is 376 g/mol. The average Bonchev–Trinajstić information content (AvgIpc) is 2.59. The molecule has 0 amide bonds. The Labute approximate surface area is 147 Å². The number of methoxy groups -OCH3 is 2. The molecule has 0 bridgehead atoms. The van der Waals surface area contributed by atoms with Crippen LogP contribution in [-0.4, -0.2) is 19.1 Å². The van der Waals surface area contributed by atoms with Gasteiger partial charge < -0.3 is 9.47 Å². The van der Waals surface area contributed by atoms with Crippen LogP contribution in [0.25, 0.3) is 11.6 Å². The van der Waals surface area contributed by atoms with E-state index in [4.69, 9.17) is 9.47 Å². The van der Waals surface area contributed by atoms with Crippen LogP contribution in [0.15, 0.2) is 40.9 Å². The Kier molecular flexibility index (Phi) is 5.55. The molecule has 0 atom stereocenters. The first-order valence-electron chi connectivity index (χ1n) is 6.78. The van der Waals surface area contributed by atoms with Crippen molar-refractivity contribution in [3.8, 4) is 17.6 Å². The van der Waals surface area contributed by atoms with Crippen LogP contribution in [0.5, 0.6) is 11.5 Å². The SMILES string of the molecule is COc1cc(OC)c([N+](=O)[O-])cc1C=C(C#N)c1ccc(Br)cc1. The maximum absolute atomic E-state index is 11.2. The van der Waals surface area contributed by atoms with Gasteiger partial charge in [0, 0.05) is 22.2 Å². The number of hydrogen-bond acceptors (Lipinski definition) is 5. The summed E-state index contributed by atoms with van der Waals surface area (Å²) in [7, 11) is 2.80. The van der Waals surface area contributed by atoms with E-state index >= 15 is 0 Å². The van der Waals surface area contributed by atoms with Gasteiger partial charge in [0.1, 0.15) is 5.75 Å². The lowest BCUT2D eigenvalue weighted by atomic mass is 10.0. The molecule has 6 nitrogen and oxygen atoms in total. The van der Waals surface area contributed by atoms with Crippen molar-refractivity contribution in [2.45, 2.75) is 0 Å². The predicted octanol–water partition coefficient (Wildman–Crippen LogP) is 4.44. The molecule has 0 spiro atoms. The van der Waals surface area contributed by atoms with E-state index in [1.165, 1.54) is 26.4 Å². The number of nitro groups is 1. The summed E-state index contributed by atoms with van der Waals surface area (Å²) in [5.74, 6) is 0.471. The van der Waals surface area contributed by atoms with Crippen molar-refractivity contribution in [3.63, 3.8) is 0 Å². The molecule has 2 aromatic rings. The molecule has 0 saturated carbocycles. The number of nitro benzene ring substituents is 1. The third kappa shape index (κ3) is 3.73. The smallest absolute Gasteiger partial charge is 0.311 e. The summed E-state index contributed by atoms with van der Waals surface area (Å²) in [5.41, 5.74) is 1.28. The molecule has 7 heteroatoms.